The van der Waals surface area contributed by atoms with E-state index in [0.29, 0.717) is 12.8 Å². The number of rotatable bonds is 6. The van der Waals surface area contributed by atoms with Gasteiger partial charge < -0.3 is 9.66 Å². The molecule has 0 aliphatic rings. The van der Waals surface area contributed by atoms with E-state index >= 15 is 0 Å². The van der Waals surface area contributed by atoms with Crippen LogP contribution in [0.4, 0.5) is 0 Å². The van der Waals surface area contributed by atoms with Gasteiger partial charge in [0.1, 0.15) is 0 Å². The van der Waals surface area contributed by atoms with Gasteiger partial charge in [-0.25, -0.2) is 8.42 Å². The van der Waals surface area contributed by atoms with Crippen molar-refractivity contribution in [1.82, 2.24) is 0 Å². The summed E-state index contributed by atoms with van der Waals surface area (Å²) in [5.74, 6) is 0. The van der Waals surface area contributed by atoms with E-state index in [4.69, 9.17) is 0 Å². The van der Waals surface area contributed by atoms with Gasteiger partial charge in [0.2, 0.25) is 0 Å². The maximum absolute atomic E-state index is 10.5. The van der Waals surface area contributed by atoms with E-state index in [1.807, 2.05) is 6.92 Å². The number of aliphatic hydroxyl groups excluding tert-OH is 1. The van der Waals surface area contributed by atoms with E-state index < -0.39 is 21.5 Å². The molecule has 4 nitrogen and oxygen atoms in total. The summed E-state index contributed by atoms with van der Waals surface area (Å²) in [4.78, 5) is 0. The second-order valence-corrected chi connectivity index (χ2v) is 5.11. The Morgan fingerprint density at radius 3 is 2.14 bits per heavy atom. The Hall–Kier alpha value is 1.51. The maximum atomic E-state index is 10.5. The van der Waals surface area contributed by atoms with Crippen LogP contribution in [0.3, 0.4) is 0 Å². The maximum Gasteiger partial charge on any atom is 1.00 e. The van der Waals surface area contributed by atoms with Crippen LogP contribution < -0.4 is 51.4 Å². The molecule has 0 amide bonds. The Balaban J connectivity index is 0. The summed E-state index contributed by atoms with van der Waals surface area (Å²) < 4.78 is 31.4. The summed E-state index contributed by atoms with van der Waals surface area (Å²) in [5, 5.41) is 8.38. The quantitative estimate of drug-likeness (QED) is 0.430. The third kappa shape index (κ3) is 8.79. The summed E-state index contributed by atoms with van der Waals surface area (Å²) >= 11 is 0. The second kappa shape index (κ2) is 8.63. The third-order valence-electron chi connectivity index (χ3n) is 2.02. The smallest absolute Gasteiger partial charge is 0.748 e. The van der Waals surface area contributed by atoms with Crippen LogP contribution in [0.5, 0.6) is 0 Å². The second-order valence-electron chi connectivity index (χ2n) is 3.32. The van der Waals surface area contributed by atoms with Crippen LogP contribution >= 0.6 is 0 Å². The van der Waals surface area contributed by atoms with Crippen molar-refractivity contribution in [1.29, 1.82) is 0 Å². The Morgan fingerprint density at radius 2 is 1.79 bits per heavy atom. The molecule has 0 saturated heterocycles. The van der Waals surface area contributed by atoms with Gasteiger partial charge in [0, 0.05) is 5.25 Å². The van der Waals surface area contributed by atoms with Crippen molar-refractivity contribution in [3.8, 4) is 0 Å². The third-order valence-corrected chi connectivity index (χ3v) is 3.24. The molecule has 0 heterocycles. The molecule has 0 saturated carbocycles. The fourth-order valence-corrected chi connectivity index (χ4v) is 1.47. The molecule has 0 radical (unpaired) electrons. The van der Waals surface area contributed by atoms with Gasteiger partial charge in [0.15, 0.2) is 0 Å². The predicted molar refractivity (Wildman–Crippen MR) is 49.3 cm³/mol. The Labute approximate surface area is 129 Å². The SMILES string of the molecule is CCCC(O)CCC(C)S(=O)(=O)[O-].[K+]. The molecule has 2 atom stereocenters. The number of hydrogen-bond acceptors (Lipinski definition) is 4. The largest absolute Gasteiger partial charge is 1.00 e. The van der Waals surface area contributed by atoms with E-state index in [0.717, 1.165) is 6.42 Å². The summed E-state index contributed by atoms with van der Waals surface area (Å²) in [6, 6.07) is 0. The fourth-order valence-electron chi connectivity index (χ4n) is 1.05. The molecule has 2 unspecified atom stereocenters. The van der Waals surface area contributed by atoms with Crippen LogP contribution in [0, 0.1) is 0 Å². The molecule has 14 heavy (non-hydrogen) atoms. The van der Waals surface area contributed by atoms with Crippen LogP contribution in [-0.2, 0) is 10.1 Å². The van der Waals surface area contributed by atoms with Crippen LogP contribution in [0.15, 0.2) is 0 Å². The van der Waals surface area contributed by atoms with Crippen LogP contribution in [0.1, 0.15) is 39.5 Å². The molecule has 0 aromatic rings. The minimum Gasteiger partial charge on any atom is -0.748 e. The molecule has 0 spiro atoms. The molecule has 0 bridgehead atoms. The first-order chi connectivity index (χ1) is 5.88. The van der Waals surface area contributed by atoms with Crippen molar-refractivity contribution >= 4 is 10.1 Å². The van der Waals surface area contributed by atoms with E-state index in [2.05, 4.69) is 0 Å². The molecule has 0 fully saturated rings. The van der Waals surface area contributed by atoms with E-state index in [-0.39, 0.29) is 57.8 Å². The van der Waals surface area contributed by atoms with Crippen LogP contribution in [-0.4, -0.2) is 29.4 Å². The zero-order chi connectivity index (χ0) is 10.5. The molecule has 0 aromatic carbocycles. The molecule has 0 aliphatic carbocycles. The van der Waals surface area contributed by atoms with Crippen molar-refractivity contribution in [2.24, 2.45) is 0 Å². The first kappa shape index (κ1) is 17.9. The summed E-state index contributed by atoms with van der Waals surface area (Å²) in [6.07, 6.45) is 1.67. The zero-order valence-corrected chi connectivity index (χ0v) is 13.0. The first-order valence-corrected chi connectivity index (χ1v) is 5.97. The van der Waals surface area contributed by atoms with Gasteiger partial charge in [-0.05, 0) is 26.2 Å². The van der Waals surface area contributed by atoms with Crippen molar-refractivity contribution in [2.75, 3.05) is 0 Å². The molecule has 0 aliphatic heterocycles. The molecular formula is C8H17KO4S. The van der Waals surface area contributed by atoms with Gasteiger partial charge in [-0.15, -0.1) is 0 Å². The minimum absolute atomic E-state index is 0. The average Bonchev–Trinajstić information content (AvgIpc) is 1.99. The van der Waals surface area contributed by atoms with Gasteiger partial charge >= 0.3 is 51.4 Å². The number of aliphatic hydroxyl groups is 1. The fraction of sp³-hybridized carbons (Fsp3) is 1.00. The van der Waals surface area contributed by atoms with Crippen molar-refractivity contribution in [3.05, 3.63) is 0 Å². The normalized spacial score (nSPS) is 15.7. The topological polar surface area (TPSA) is 77.4 Å². The molecule has 80 valence electrons. The summed E-state index contributed by atoms with van der Waals surface area (Å²) in [5.41, 5.74) is 0. The average molecular weight is 248 g/mol. The van der Waals surface area contributed by atoms with Crippen molar-refractivity contribution in [2.45, 2.75) is 50.9 Å². The Morgan fingerprint density at radius 1 is 1.29 bits per heavy atom. The molecule has 1 N–H and O–H groups in total. The van der Waals surface area contributed by atoms with Crippen LogP contribution in [0.2, 0.25) is 0 Å². The first-order valence-electron chi connectivity index (χ1n) is 4.50. The van der Waals surface area contributed by atoms with Gasteiger partial charge in [0.05, 0.1) is 16.2 Å². The standard InChI is InChI=1S/C8H18O4S.K/c1-3-4-8(9)6-5-7(2)13(10,11)12;/h7-9H,3-6H2,1-2H3,(H,10,11,12);/q;+1/p-1. The van der Waals surface area contributed by atoms with Crippen molar-refractivity contribution < 1.29 is 69.5 Å². The van der Waals surface area contributed by atoms with E-state index in [9.17, 15) is 18.1 Å². The molecule has 0 rings (SSSR count). The monoisotopic (exact) mass is 248 g/mol. The molecule has 6 heteroatoms. The number of hydrogen-bond donors (Lipinski definition) is 1. The zero-order valence-electron chi connectivity index (χ0n) is 9.06. The van der Waals surface area contributed by atoms with E-state index in [1.54, 1.807) is 0 Å². The van der Waals surface area contributed by atoms with Crippen LogP contribution in [0.25, 0.3) is 0 Å². The van der Waals surface area contributed by atoms with Gasteiger partial charge in [0.25, 0.3) is 0 Å². The molecule has 0 aromatic heterocycles. The van der Waals surface area contributed by atoms with Crippen molar-refractivity contribution in [3.63, 3.8) is 0 Å². The Bertz CT molecular complexity index is 227. The Kier molecular flexibility index (Phi) is 11.0. The predicted octanol–water partition coefficient (Wildman–Crippen LogP) is -2.13. The molecular weight excluding hydrogens is 231 g/mol. The van der Waals surface area contributed by atoms with Gasteiger partial charge in [-0.1, -0.05) is 13.3 Å². The summed E-state index contributed by atoms with van der Waals surface area (Å²) in [6.45, 7) is 3.32. The van der Waals surface area contributed by atoms with Gasteiger partial charge in [-0.2, -0.15) is 0 Å². The minimum atomic E-state index is -4.17. The van der Waals surface area contributed by atoms with Gasteiger partial charge in [-0.3, -0.25) is 0 Å². The van der Waals surface area contributed by atoms with E-state index in [1.165, 1.54) is 6.92 Å². The summed E-state index contributed by atoms with van der Waals surface area (Å²) in [7, 11) is -4.17.